The van der Waals surface area contributed by atoms with Crippen molar-refractivity contribution >= 4 is 40.6 Å². The van der Waals surface area contributed by atoms with Gasteiger partial charge in [-0.1, -0.05) is 0 Å². The Hall–Kier alpha value is -2.70. The summed E-state index contributed by atoms with van der Waals surface area (Å²) < 4.78 is 20.5. The van der Waals surface area contributed by atoms with Gasteiger partial charge in [-0.3, -0.25) is 14.9 Å². The molecule has 0 spiro atoms. The van der Waals surface area contributed by atoms with Crippen molar-refractivity contribution in [2.75, 3.05) is 50.5 Å². The monoisotopic (exact) mass is 578 g/mol. The molecule has 3 fully saturated rings. The van der Waals surface area contributed by atoms with E-state index < -0.39 is 10.7 Å². The van der Waals surface area contributed by atoms with Gasteiger partial charge in [-0.05, 0) is 61.7 Å². The van der Waals surface area contributed by atoms with Gasteiger partial charge in [-0.2, -0.15) is 11.8 Å². The fourth-order valence-electron chi connectivity index (χ4n) is 6.48. The fraction of sp³-hybridized carbons (Fsp3) is 0.577. The van der Waals surface area contributed by atoms with E-state index in [1.54, 1.807) is 17.8 Å². The molecule has 210 valence electrons. The average Bonchev–Trinajstić information content (AvgIpc) is 3.47. The molecule has 5 rings (SSSR count). The number of fused-ring (bicyclic) bond motifs is 2. The first-order chi connectivity index (χ1) is 18.7. The van der Waals surface area contributed by atoms with Crippen LogP contribution in [0.2, 0.25) is 5.28 Å². The number of amides is 1. The maximum atomic E-state index is 14.4. The highest BCUT2D eigenvalue weighted by molar-refractivity contribution is 7.99. The lowest BCUT2D eigenvalue weighted by Crippen LogP contribution is -2.44. The molecule has 1 aliphatic heterocycles. The molecule has 1 amide bonds. The Morgan fingerprint density at radius 3 is 2.79 bits per heavy atom. The van der Waals surface area contributed by atoms with E-state index in [9.17, 15) is 19.3 Å². The summed E-state index contributed by atoms with van der Waals surface area (Å²) in [6.07, 6.45) is 3.09. The fourth-order valence-corrected chi connectivity index (χ4v) is 8.06. The second-order valence-corrected chi connectivity index (χ2v) is 12.3. The number of nitrogens with two attached hydrogens (primary N) is 1. The molecule has 39 heavy (non-hydrogen) atoms. The number of likely N-dealkylation sites (N-methyl/N-ethyl adjacent to an activating group) is 1. The third kappa shape index (κ3) is 6.07. The molecule has 1 aromatic carbocycles. The summed E-state index contributed by atoms with van der Waals surface area (Å²) in [5.74, 6) is 0.262. The SMILES string of the molecule is CN1CCN(c2ccc([N+](=O)[O-])cc2OCCS[C@@H]2C[C@H]3C[C@H]2[C@@H](Cc2nc(Cl)ncc2F)[C@H]3C(N)=O)CC1. The van der Waals surface area contributed by atoms with Crippen molar-refractivity contribution in [3.8, 4) is 5.75 Å². The summed E-state index contributed by atoms with van der Waals surface area (Å²) in [6, 6.07) is 4.80. The number of aromatic nitrogens is 2. The molecule has 2 aromatic rings. The Balaban J connectivity index is 1.22. The number of hydrogen-bond donors (Lipinski definition) is 1. The molecule has 13 heteroatoms. The normalized spacial score (nSPS) is 26.6. The van der Waals surface area contributed by atoms with Crippen LogP contribution < -0.4 is 15.4 Å². The van der Waals surface area contributed by atoms with Gasteiger partial charge in [-0.25, -0.2) is 14.4 Å². The number of hydrogen-bond acceptors (Lipinski definition) is 9. The predicted octanol–water partition coefficient (Wildman–Crippen LogP) is 3.41. The van der Waals surface area contributed by atoms with Crippen LogP contribution in [-0.4, -0.2) is 76.5 Å². The van der Waals surface area contributed by atoms with Crippen molar-refractivity contribution in [3.05, 3.63) is 51.3 Å². The van der Waals surface area contributed by atoms with Gasteiger partial charge in [0.25, 0.3) is 5.69 Å². The average molecular weight is 579 g/mol. The number of primary amides is 1. The molecular formula is C26H32ClFN6O4S. The third-order valence-electron chi connectivity index (χ3n) is 8.32. The maximum Gasteiger partial charge on any atom is 0.273 e. The number of non-ortho nitro benzene ring substituents is 1. The zero-order chi connectivity index (χ0) is 27.7. The number of piperazine rings is 1. The largest absolute Gasteiger partial charge is 0.490 e. The number of rotatable bonds is 10. The van der Waals surface area contributed by atoms with Gasteiger partial charge in [0.1, 0.15) is 5.75 Å². The van der Waals surface area contributed by atoms with E-state index in [-0.39, 0.29) is 51.5 Å². The number of anilines is 1. The van der Waals surface area contributed by atoms with Crippen molar-refractivity contribution in [1.29, 1.82) is 0 Å². The molecule has 1 saturated heterocycles. The van der Waals surface area contributed by atoms with E-state index in [1.165, 1.54) is 12.1 Å². The van der Waals surface area contributed by atoms with Crippen molar-refractivity contribution in [3.63, 3.8) is 0 Å². The quantitative estimate of drug-likeness (QED) is 0.195. The van der Waals surface area contributed by atoms with Crippen molar-refractivity contribution in [1.82, 2.24) is 14.9 Å². The highest BCUT2D eigenvalue weighted by Crippen LogP contribution is 2.56. The lowest BCUT2D eigenvalue weighted by molar-refractivity contribution is -0.384. The smallest absolute Gasteiger partial charge is 0.273 e. The number of thioether (sulfide) groups is 1. The molecule has 2 bridgehead atoms. The second kappa shape index (κ2) is 11.8. The molecule has 0 unspecified atom stereocenters. The molecule has 10 nitrogen and oxygen atoms in total. The van der Waals surface area contributed by atoms with Crippen molar-refractivity contribution in [2.45, 2.75) is 24.5 Å². The minimum absolute atomic E-state index is 0.000950. The van der Waals surface area contributed by atoms with Crippen molar-refractivity contribution < 1.29 is 18.8 Å². The third-order valence-corrected chi connectivity index (χ3v) is 9.88. The summed E-state index contributed by atoms with van der Waals surface area (Å²) >= 11 is 7.67. The highest BCUT2D eigenvalue weighted by atomic mass is 35.5. The first-order valence-corrected chi connectivity index (χ1v) is 14.6. The number of halogens is 2. The number of nitro groups is 1. The highest BCUT2D eigenvalue weighted by Gasteiger charge is 2.54. The Labute approximate surface area is 235 Å². The van der Waals surface area contributed by atoms with E-state index in [2.05, 4.69) is 26.8 Å². The van der Waals surface area contributed by atoms with E-state index in [0.717, 1.165) is 50.9 Å². The van der Waals surface area contributed by atoms with E-state index in [4.69, 9.17) is 22.1 Å². The standard InChI is InChI=1S/C26H32ClFN6O4S/c1-32-4-6-33(7-5-32)21-3-2-16(34(36)37)12-22(21)38-8-9-39-23-11-15-10-17(23)18(24(15)25(29)35)13-20-19(28)14-30-26(27)31-20/h2-3,12,14-15,17-18,23-24H,4-11,13H2,1H3,(H2,29,35)/t15-,17+,18-,23-,24+/m1/s1. The Bertz CT molecular complexity index is 1230. The van der Waals surface area contributed by atoms with Gasteiger partial charge < -0.3 is 20.3 Å². The minimum atomic E-state index is -0.531. The van der Waals surface area contributed by atoms with Crippen LogP contribution in [0, 0.1) is 39.6 Å². The molecule has 1 aromatic heterocycles. The molecule has 2 N–H and O–H groups in total. The predicted molar refractivity (Wildman–Crippen MR) is 148 cm³/mol. The van der Waals surface area contributed by atoms with Crippen LogP contribution in [0.3, 0.4) is 0 Å². The van der Waals surface area contributed by atoms with E-state index >= 15 is 0 Å². The molecular weight excluding hydrogens is 547 g/mol. The summed E-state index contributed by atoms with van der Waals surface area (Å²) in [5, 5.41) is 11.6. The Kier molecular flexibility index (Phi) is 8.43. The number of nitrogens with zero attached hydrogens (tertiary/aromatic N) is 5. The van der Waals surface area contributed by atoms with Gasteiger partial charge in [0.2, 0.25) is 11.2 Å². The van der Waals surface area contributed by atoms with Gasteiger partial charge in [0, 0.05) is 49.2 Å². The van der Waals surface area contributed by atoms with E-state index in [1.807, 2.05) is 0 Å². The molecule has 2 saturated carbocycles. The molecule has 3 aliphatic rings. The lowest BCUT2D eigenvalue weighted by atomic mass is 9.76. The number of nitro benzene ring substituents is 1. The van der Waals surface area contributed by atoms with Gasteiger partial charge >= 0.3 is 0 Å². The van der Waals surface area contributed by atoms with Gasteiger partial charge in [-0.15, -0.1) is 0 Å². The number of carbonyl (C=O) groups excluding carboxylic acids is 1. The Morgan fingerprint density at radius 1 is 1.31 bits per heavy atom. The Morgan fingerprint density at radius 2 is 2.08 bits per heavy atom. The first kappa shape index (κ1) is 27.9. The molecule has 2 aliphatic carbocycles. The van der Waals surface area contributed by atoms with Gasteiger partial charge in [0.15, 0.2) is 5.82 Å². The summed E-state index contributed by atoms with van der Waals surface area (Å²) in [6.45, 7) is 3.86. The van der Waals surface area contributed by atoms with E-state index in [0.29, 0.717) is 24.5 Å². The van der Waals surface area contributed by atoms with Crippen LogP contribution in [0.25, 0.3) is 0 Å². The molecule has 2 heterocycles. The van der Waals surface area contributed by atoms with Crippen LogP contribution in [0.15, 0.2) is 24.4 Å². The topological polar surface area (TPSA) is 128 Å². The maximum absolute atomic E-state index is 14.4. The summed E-state index contributed by atoms with van der Waals surface area (Å²) in [4.78, 5) is 35.5. The minimum Gasteiger partial charge on any atom is -0.490 e. The van der Waals surface area contributed by atoms with Crippen LogP contribution in [-0.2, 0) is 11.2 Å². The zero-order valence-electron chi connectivity index (χ0n) is 21.7. The number of carbonyl (C=O) groups is 1. The van der Waals surface area contributed by atoms with Gasteiger partial charge in [0.05, 0.1) is 35.2 Å². The lowest BCUT2D eigenvalue weighted by Gasteiger charge is -2.35. The van der Waals surface area contributed by atoms with Crippen molar-refractivity contribution in [2.24, 2.45) is 29.4 Å². The second-order valence-electron chi connectivity index (χ2n) is 10.6. The summed E-state index contributed by atoms with van der Waals surface area (Å²) in [5.41, 5.74) is 6.86. The van der Waals surface area contributed by atoms with Crippen LogP contribution in [0.4, 0.5) is 15.8 Å². The van der Waals surface area contributed by atoms with Crippen LogP contribution in [0.5, 0.6) is 5.75 Å². The number of ether oxygens (including phenoxy) is 1. The number of benzene rings is 1. The molecule has 0 radical (unpaired) electrons. The zero-order valence-corrected chi connectivity index (χ0v) is 23.2. The summed E-state index contributed by atoms with van der Waals surface area (Å²) in [7, 11) is 2.08. The van der Waals surface area contributed by atoms with Crippen LogP contribution >= 0.6 is 23.4 Å². The first-order valence-electron chi connectivity index (χ1n) is 13.1. The molecule has 5 atom stereocenters. The van der Waals surface area contributed by atoms with Crippen LogP contribution in [0.1, 0.15) is 18.5 Å².